The molecule has 0 aliphatic carbocycles. The average Bonchev–Trinajstić information content (AvgIpc) is 2.60. The topological polar surface area (TPSA) is 43.8 Å². The van der Waals surface area contributed by atoms with Crippen LogP contribution in [0.25, 0.3) is 0 Å². The Hall–Kier alpha value is -0.480. The highest BCUT2D eigenvalue weighted by atomic mass is 32.2. The first-order valence-electron chi connectivity index (χ1n) is 4.66. The molecule has 1 aromatic rings. The smallest absolute Gasteiger partial charge is 0.0530 e. The molecular weight excluding hydrogens is 182 g/mol. The fourth-order valence-electron chi connectivity index (χ4n) is 1.03. The monoisotopic (exact) mass is 199 g/mol. The summed E-state index contributed by atoms with van der Waals surface area (Å²) in [7, 11) is 0. The van der Waals surface area contributed by atoms with Crippen LogP contribution in [-0.2, 0) is 12.3 Å². The molecule has 0 aliphatic rings. The lowest BCUT2D eigenvalue weighted by Gasteiger charge is -1.96. The van der Waals surface area contributed by atoms with Crippen LogP contribution in [0.15, 0.2) is 12.4 Å². The molecule has 0 saturated heterocycles. The molecule has 1 heterocycles. The molecular formula is C9H17N3S. The predicted octanol–water partition coefficient (Wildman–Crippen LogP) is 1.48. The lowest BCUT2D eigenvalue weighted by molar-refractivity contribution is 0.659. The zero-order valence-corrected chi connectivity index (χ0v) is 8.89. The van der Waals surface area contributed by atoms with Gasteiger partial charge in [0, 0.05) is 18.5 Å². The molecule has 0 radical (unpaired) electrons. The van der Waals surface area contributed by atoms with Crippen LogP contribution >= 0.6 is 11.8 Å². The molecule has 3 nitrogen and oxygen atoms in total. The van der Waals surface area contributed by atoms with E-state index >= 15 is 0 Å². The zero-order chi connectivity index (χ0) is 9.52. The number of thioether (sulfide) groups is 1. The number of hydrogen-bond acceptors (Lipinski definition) is 3. The lowest BCUT2D eigenvalue weighted by Crippen LogP contribution is -1.99. The van der Waals surface area contributed by atoms with Crippen molar-refractivity contribution in [2.75, 3.05) is 12.3 Å². The normalized spacial score (nSPS) is 10.6. The molecule has 13 heavy (non-hydrogen) atoms. The van der Waals surface area contributed by atoms with Gasteiger partial charge < -0.3 is 5.73 Å². The van der Waals surface area contributed by atoms with Crippen molar-refractivity contribution in [3.63, 3.8) is 0 Å². The molecule has 1 aromatic heterocycles. The van der Waals surface area contributed by atoms with Crippen molar-refractivity contribution in [3.05, 3.63) is 18.0 Å². The Bertz CT molecular complexity index is 235. The molecule has 2 N–H and O–H groups in total. The van der Waals surface area contributed by atoms with E-state index in [0.29, 0.717) is 0 Å². The van der Waals surface area contributed by atoms with Crippen molar-refractivity contribution in [1.29, 1.82) is 0 Å². The third-order valence-corrected chi connectivity index (χ3v) is 2.89. The summed E-state index contributed by atoms with van der Waals surface area (Å²) in [6, 6.07) is 0. The van der Waals surface area contributed by atoms with Crippen LogP contribution in [-0.4, -0.2) is 22.1 Å². The minimum atomic E-state index is 0.793. The molecule has 0 spiro atoms. The van der Waals surface area contributed by atoms with E-state index in [1.807, 2.05) is 22.6 Å². The molecule has 0 aliphatic heterocycles. The number of hydrogen-bond donors (Lipinski definition) is 1. The SMILES string of the molecule is CCn1cc(CSCCCN)cn1. The van der Waals surface area contributed by atoms with Gasteiger partial charge in [0.25, 0.3) is 0 Å². The lowest BCUT2D eigenvalue weighted by atomic mass is 10.4. The molecule has 0 unspecified atom stereocenters. The fraction of sp³-hybridized carbons (Fsp3) is 0.667. The molecule has 0 bridgehead atoms. The maximum atomic E-state index is 5.40. The first-order chi connectivity index (χ1) is 6.36. The Labute approximate surface area is 83.7 Å². The summed E-state index contributed by atoms with van der Waals surface area (Å²) in [5, 5.41) is 4.21. The van der Waals surface area contributed by atoms with E-state index in [2.05, 4.69) is 18.2 Å². The largest absolute Gasteiger partial charge is 0.330 e. The van der Waals surface area contributed by atoms with Gasteiger partial charge in [-0.3, -0.25) is 4.68 Å². The predicted molar refractivity (Wildman–Crippen MR) is 57.7 cm³/mol. The quantitative estimate of drug-likeness (QED) is 0.706. The molecule has 0 saturated carbocycles. The second kappa shape index (κ2) is 6.05. The summed E-state index contributed by atoms with van der Waals surface area (Å²) in [6.07, 6.45) is 5.15. The highest BCUT2D eigenvalue weighted by molar-refractivity contribution is 7.98. The summed E-state index contributed by atoms with van der Waals surface area (Å²) >= 11 is 1.92. The third-order valence-electron chi connectivity index (χ3n) is 1.77. The van der Waals surface area contributed by atoms with Gasteiger partial charge in [0.1, 0.15) is 0 Å². The summed E-state index contributed by atoms with van der Waals surface area (Å²) in [4.78, 5) is 0. The van der Waals surface area contributed by atoms with Crippen LogP contribution in [0.4, 0.5) is 0 Å². The number of rotatable bonds is 6. The van der Waals surface area contributed by atoms with E-state index in [4.69, 9.17) is 5.73 Å². The van der Waals surface area contributed by atoms with Crippen molar-refractivity contribution >= 4 is 11.8 Å². The Morgan fingerprint density at radius 1 is 1.62 bits per heavy atom. The van der Waals surface area contributed by atoms with Gasteiger partial charge in [-0.05, 0) is 31.2 Å². The minimum Gasteiger partial charge on any atom is -0.330 e. The molecule has 0 atom stereocenters. The van der Waals surface area contributed by atoms with E-state index in [9.17, 15) is 0 Å². The summed E-state index contributed by atoms with van der Waals surface area (Å²) in [5.74, 6) is 2.20. The van der Waals surface area contributed by atoms with Crippen molar-refractivity contribution in [2.45, 2.75) is 25.6 Å². The van der Waals surface area contributed by atoms with Gasteiger partial charge in [0.15, 0.2) is 0 Å². The van der Waals surface area contributed by atoms with E-state index in [1.54, 1.807) is 0 Å². The standard InChI is InChI=1S/C9H17N3S/c1-2-12-7-9(6-11-12)8-13-5-3-4-10/h6-7H,2-5,8,10H2,1H3. The van der Waals surface area contributed by atoms with E-state index in [1.165, 1.54) is 5.56 Å². The van der Waals surface area contributed by atoms with Gasteiger partial charge in [0.05, 0.1) is 6.20 Å². The summed E-state index contributed by atoms with van der Waals surface area (Å²) in [5.41, 5.74) is 6.71. The van der Waals surface area contributed by atoms with Crippen molar-refractivity contribution < 1.29 is 0 Å². The first kappa shape index (κ1) is 10.6. The van der Waals surface area contributed by atoms with Crippen LogP contribution in [0.2, 0.25) is 0 Å². The number of nitrogens with zero attached hydrogens (tertiary/aromatic N) is 2. The molecule has 0 fully saturated rings. The van der Waals surface area contributed by atoms with E-state index in [-0.39, 0.29) is 0 Å². The molecule has 0 aromatic carbocycles. The maximum absolute atomic E-state index is 5.40. The second-order valence-corrected chi connectivity index (χ2v) is 4.00. The van der Waals surface area contributed by atoms with Crippen LogP contribution in [0.1, 0.15) is 18.9 Å². The third kappa shape index (κ3) is 3.83. The van der Waals surface area contributed by atoms with Gasteiger partial charge in [0.2, 0.25) is 0 Å². The van der Waals surface area contributed by atoms with Gasteiger partial charge in [-0.1, -0.05) is 0 Å². The second-order valence-electron chi connectivity index (χ2n) is 2.90. The van der Waals surface area contributed by atoms with Crippen molar-refractivity contribution in [2.24, 2.45) is 5.73 Å². The van der Waals surface area contributed by atoms with E-state index < -0.39 is 0 Å². The highest BCUT2D eigenvalue weighted by Gasteiger charge is 1.96. The highest BCUT2D eigenvalue weighted by Crippen LogP contribution is 2.11. The number of aromatic nitrogens is 2. The number of nitrogens with two attached hydrogens (primary N) is 1. The van der Waals surface area contributed by atoms with Crippen molar-refractivity contribution in [3.8, 4) is 0 Å². The van der Waals surface area contributed by atoms with Gasteiger partial charge in [-0.2, -0.15) is 16.9 Å². The zero-order valence-electron chi connectivity index (χ0n) is 8.07. The molecule has 4 heteroatoms. The van der Waals surface area contributed by atoms with Crippen molar-refractivity contribution in [1.82, 2.24) is 9.78 Å². The van der Waals surface area contributed by atoms with Crippen LogP contribution in [0.5, 0.6) is 0 Å². The number of aryl methyl sites for hydroxylation is 1. The van der Waals surface area contributed by atoms with E-state index in [0.717, 1.165) is 31.0 Å². The van der Waals surface area contributed by atoms with Gasteiger partial charge >= 0.3 is 0 Å². The first-order valence-corrected chi connectivity index (χ1v) is 5.81. The van der Waals surface area contributed by atoms with Gasteiger partial charge in [-0.15, -0.1) is 0 Å². The Morgan fingerprint density at radius 3 is 3.08 bits per heavy atom. The van der Waals surface area contributed by atoms with Gasteiger partial charge in [-0.25, -0.2) is 0 Å². The molecule has 0 amide bonds. The molecule has 1 rings (SSSR count). The Morgan fingerprint density at radius 2 is 2.46 bits per heavy atom. The Balaban J connectivity index is 2.20. The van der Waals surface area contributed by atoms with Crippen LogP contribution < -0.4 is 5.73 Å². The molecule has 74 valence electrons. The summed E-state index contributed by atoms with van der Waals surface area (Å²) < 4.78 is 1.96. The average molecular weight is 199 g/mol. The van der Waals surface area contributed by atoms with Crippen LogP contribution in [0.3, 0.4) is 0 Å². The maximum Gasteiger partial charge on any atom is 0.0530 e. The fourth-order valence-corrected chi connectivity index (χ4v) is 1.93. The minimum absolute atomic E-state index is 0.793. The summed E-state index contributed by atoms with van der Waals surface area (Å²) in [6.45, 7) is 3.84. The van der Waals surface area contributed by atoms with Crippen LogP contribution in [0, 0.1) is 0 Å². The Kier molecular flexibility index (Phi) is 4.93.